The van der Waals surface area contributed by atoms with Crippen LogP contribution in [-0.4, -0.2) is 25.0 Å². The highest BCUT2D eigenvalue weighted by atomic mass is 35.5. The maximum absolute atomic E-state index is 13.7. The van der Waals surface area contributed by atoms with E-state index in [1.807, 2.05) is 6.92 Å². The van der Waals surface area contributed by atoms with Crippen LogP contribution in [-0.2, 0) is 16.0 Å². The van der Waals surface area contributed by atoms with E-state index in [0.717, 1.165) is 0 Å². The van der Waals surface area contributed by atoms with Gasteiger partial charge in [0, 0.05) is 22.8 Å². The summed E-state index contributed by atoms with van der Waals surface area (Å²) in [4.78, 5) is 23.4. The van der Waals surface area contributed by atoms with Crippen LogP contribution in [0.2, 0.25) is 5.02 Å². The summed E-state index contributed by atoms with van der Waals surface area (Å²) < 4.78 is 19.0. The second kappa shape index (κ2) is 9.03. The van der Waals surface area contributed by atoms with Crippen LogP contribution in [0.15, 0.2) is 42.5 Å². The largest absolute Gasteiger partial charge is 0.484 e. The highest BCUT2D eigenvalue weighted by molar-refractivity contribution is 6.31. The molecule has 2 rings (SSSR count). The first-order chi connectivity index (χ1) is 12.0. The first-order valence-corrected chi connectivity index (χ1v) is 8.09. The lowest BCUT2D eigenvalue weighted by atomic mass is 10.1. The van der Waals surface area contributed by atoms with Gasteiger partial charge in [0.2, 0.25) is 5.91 Å². The van der Waals surface area contributed by atoms with Crippen LogP contribution in [0.1, 0.15) is 12.5 Å². The van der Waals surface area contributed by atoms with Gasteiger partial charge in [-0.1, -0.05) is 17.7 Å². The number of carbonyl (C=O) groups is 2. The monoisotopic (exact) mass is 364 g/mol. The van der Waals surface area contributed by atoms with Gasteiger partial charge in [-0.25, -0.2) is 4.39 Å². The number of carbonyl (C=O) groups excluding carboxylic acids is 2. The van der Waals surface area contributed by atoms with Gasteiger partial charge in [0.15, 0.2) is 6.61 Å². The van der Waals surface area contributed by atoms with Crippen molar-refractivity contribution in [3.05, 3.63) is 58.9 Å². The fourth-order valence-corrected chi connectivity index (χ4v) is 2.33. The molecule has 7 heteroatoms. The topological polar surface area (TPSA) is 67.4 Å². The highest BCUT2D eigenvalue weighted by Crippen LogP contribution is 2.20. The number of likely N-dealkylation sites (N-methyl/N-ethyl adjacent to an activating group) is 1. The van der Waals surface area contributed by atoms with Crippen LogP contribution in [0, 0.1) is 5.82 Å². The average Bonchev–Trinajstić information content (AvgIpc) is 2.58. The minimum Gasteiger partial charge on any atom is -0.484 e. The van der Waals surface area contributed by atoms with Gasteiger partial charge in [0.05, 0.1) is 6.42 Å². The van der Waals surface area contributed by atoms with Gasteiger partial charge >= 0.3 is 0 Å². The fraction of sp³-hybridized carbons (Fsp3) is 0.222. The molecule has 0 aromatic heterocycles. The Labute approximate surface area is 150 Å². The van der Waals surface area contributed by atoms with E-state index in [4.69, 9.17) is 16.3 Å². The molecule has 0 spiro atoms. The lowest BCUT2D eigenvalue weighted by Crippen LogP contribution is -2.28. The quantitative estimate of drug-likeness (QED) is 0.793. The number of hydrogen-bond acceptors (Lipinski definition) is 3. The van der Waals surface area contributed by atoms with Crippen molar-refractivity contribution in [2.24, 2.45) is 0 Å². The van der Waals surface area contributed by atoms with Crippen molar-refractivity contribution in [2.45, 2.75) is 13.3 Å². The third-order valence-electron chi connectivity index (χ3n) is 3.28. The number of ether oxygens (including phenoxy) is 1. The van der Waals surface area contributed by atoms with Crippen molar-refractivity contribution in [3.8, 4) is 5.75 Å². The Morgan fingerprint density at radius 3 is 2.48 bits per heavy atom. The molecule has 0 radical (unpaired) electrons. The van der Waals surface area contributed by atoms with E-state index in [0.29, 0.717) is 18.0 Å². The van der Waals surface area contributed by atoms with Crippen LogP contribution in [0.4, 0.5) is 10.1 Å². The minimum absolute atomic E-state index is 0.0780. The van der Waals surface area contributed by atoms with Gasteiger partial charge in [0.25, 0.3) is 5.91 Å². The Kier molecular flexibility index (Phi) is 6.77. The highest BCUT2D eigenvalue weighted by Gasteiger charge is 2.12. The molecule has 25 heavy (non-hydrogen) atoms. The number of benzene rings is 2. The zero-order valence-electron chi connectivity index (χ0n) is 13.6. The lowest BCUT2D eigenvalue weighted by Gasteiger charge is -2.09. The molecule has 0 bridgehead atoms. The van der Waals surface area contributed by atoms with Gasteiger partial charge in [-0.15, -0.1) is 0 Å². The van der Waals surface area contributed by atoms with Crippen LogP contribution in [0.3, 0.4) is 0 Å². The normalized spacial score (nSPS) is 10.2. The number of amides is 2. The Hall–Kier alpha value is -2.60. The Balaban J connectivity index is 1.90. The standard InChI is InChI=1S/C18H18ClFN2O3/c1-2-21-18(24)11-25-13-8-6-12(7-9-13)22-17(23)10-14-15(19)4-3-5-16(14)20/h3-9H,2,10-11H2,1H3,(H,21,24)(H,22,23). The molecule has 0 unspecified atom stereocenters. The molecule has 0 aliphatic heterocycles. The molecule has 132 valence electrons. The van der Waals surface area contributed by atoms with Crippen molar-refractivity contribution in [1.29, 1.82) is 0 Å². The summed E-state index contributed by atoms with van der Waals surface area (Å²) in [6.45, 7) is 2.29. The van der Waals surface area contributed by atoms with Crippen molar-refractivity contribution < 1.29 is 18.7 Å². The van der Waals surface area contributed by atoms with Crippen LogP contribution >= 0.6 is 11.6 Å². The summed E-state index contributed by atoms with van der Waals surface area (Å²) in [5.41, 5.74) is 0.686. The molecule has 2 aromatic rings. The van der Waals surface area contributed by atoms with E-state index in [2.05, 4.69) is 10.6 Å². The second-order valence-corrected chi connectivity index (χ2v) is 5.60. The van der Waals surface area contributed by atoms with Crippen LogP contribution in [0.5, 0.6) is 5.75 Å². The summed E-state index contributed by atoms with van der Waals surface area (Å²) >= 11 is 5.91. The van der Waals surface area contributed by atoms with Crippen LogP contribution < -0.4 is 15.4 Å². The number of hydrogen-bond donors (Lipinski definition) is 2. The van der Waals surface area contributed by atoms with Crippen molar-refractivity contribution >= 4 is 29.1 Å². The van der Waals surface area contributed by atoms with E-state index in [1.54, 1.807) is 24.3 Å². The Morgan fingerprint density at radius 1 is 1.12 bits per heavy atom. The molecule has 0 saturated heterocycles. The molecule has 2 N–H and O–H groups in total. The average molecular weight is 365 g/mol. The molecular formula is C18H18ClFN2O3. The molecule has 0 heterocycles. The van der Waals surface area contributed by atoms with E-state index in [9.17, 15) is 14.0 Å². The van der Waals surface area contributed by atoms with Gasteiger partial charge in [-0.05, 0) is 43.3 Å². The first-order valence-electron chi connectivity index (χ1n) is 7.72. The second-order valence-electron chi connectivity index (χ2n) is 5.19. The molecular weight excluding hydrogens is 347 g/mol. The summed E-state index contributed by atoms with van der Waals surface area (Å²) in [5.74, 6) is -0.609. The lowest BCUT2D eigenvalue weighted by molar-refractivity contribution is -0.123. The predicted molar refractivity (Wildman–Crippen MR) is 94.4 cm³/mol. The number of anilines is 1. The van der Waals surface area contributed by atoms with Crippen molar-refractivity contribution in [3.63, 3.8) is 0 Å². The van der Waals surface area contributed by atoms with E-state index < -0.39 is 5.82 Å². The Bertz CT molecular complexity index is 730. The summed E-state index contributed by atoms with van der Waals surface area (Å²) in [6, 6.07) is 10.8. The fourth-order valence-electron chi connectivity index (χ4n) is 2.10. The predicted octanol–water partition coefficient (Wildman–Crippen LogP) is 3.18. The molecule has 0 aliphatic carbocycles. The van der Waals surface area contributed by atoms with Gasteiger partial charge in [0.1, 0.15) is 11.6 Å². The number of rotatable bonds is 7. The van der Waals surface area contributed by atoms with E-state index in [1.165, 1.54) is 18.2 Å². The minimum atomic E-state index is -0.517. The third kappa shape index (κ3) is 5.76. The number of nitrogens with one attached hydrogen (secondary N) is 2. The summed E-state index contributed by atoms with van der Waals surface area (Å²) in [5, 5.41) is 5.49. The van der Waals surface area contributed by atoms with Gasteiger partial charge < -0.3 is 15.4 Å². The third-order valence-corrected chi connectivity index (χ3v) is 3.64. The molecule has 0 atom stereocenters. The summed E-state index contributed by atoms with van der Waals surface area (Å²) in [7, 11) is 0. The molecule has 2 amide bonds. The van der Waals surface area contributed by atoms with E-state index >= 15 is 0 Å². The molecule has 0 aliphatic rings. The summed E-state index contributed by atoms with van der Waals surface area (Å²) in [6.07, 6.45) is -0.166. The van der Waals surface area contributed by atoms with Gasteiger partial charge in [-0.2, -0.15) is 0 Å². The first kappa shape index (κ1) is 18.7. The maximum atomic E-state index is 13.7. The van der Waals surface area contributed by atoms with Crippen molar-refractivity contribution in [2.75, 3.05) is 18.5 Å². The molecule has 0 saturated carbocycles. The Morgan fingerprint density at radius 2 is 1.84 bits per heavy atom. The van der Waals surface area contributed by atoms with Gasteiger partial charge in [-0.3, -0.25) is 9.59 Å². The zero-order chi connectivity index (χ0) is 18.2. The molecule has 0 fully saturated rings. The number of halogens is 2. The maximum Gasteiger partial charge on any atom is 0.257 e. The molecule has 5 nitrogen and oxygen atoms in total. The SMILES string of the molecule is CCNC(=O)COc1ccc(NC(=O)Cc2c(F)cccc2Cl)cc1. The van der Waals surface area contributed by atoms with Crippen LogP contribution in [0.25, 0.3) is 0 Å². The molecule has 2 aromatic carbocycles. The smallest absolute Gasteiger partial charge is 0.257 e. The van der Waals surface area contributed by atoms with E-state index in [-0.39, 0.29) is 35.4 Å². The van der Waals surface area contributed by atoms with Crippen molar-refractivity contribution in [1.82, 2.24) is 5.32 Å². The zero-order valence-corrected chi connectivity index (χ0v) is 14.4.